The van der Waals surface area contributed by atoms with Gasteiger partial charge in [-0.25, -0.2) is 4.98 Å². The first-order valence-corrected chi connectivity index (χ1v) is 7.81. The van der Waals surface area contributed by atoms with Crippen LogP contribution in [0, 0.1) is 5.92 Å². The first-order chi connectivity index (χ1) is 11.2. The third-order valence-corrected chi connectivity index (χ3v) is 4.20. The number of halogens is 2. The van der Waals surface area contributed by atoms with Gasteiger partial charge in [0.05, 0.1) is 6.20 Å². The topological polar surface area (TPSA) is 84.1 Å². The lowest BCUT2D eigenvalue weighted by Crippen LogP contribution is -2.34. The number of likely N-dealkylation sites (tertiary alicyclic amines) is 1. The van der Waals surface area contributed by atoms with Crippen LogP contribution in [-0.2, 0) is 0 Å². The van der Waals surface area contributed by atoms with E-state index in [1.54, 1.807) is 18.6 Å². The van der Waals surface area contributed by atoms with Crippen LogP contribution >= 0.6 is 24.8 Å². The van der Waals surface area contributed by atoms with E-state index in [1.165, 1.54) is 0 Å². The monoisotopic (exact) mass is 383 g/mol. The summed E-state index contributed by atoms with van der Waals surface area (Å²) >= 11 is 0. The van der Waals surface area contributed by atoms with Crippen LogP contribution in [-0.4, -0.2) is 39.9 Å². The highest BCUT2D eigenvalue weighted by Crippen LogP contribution is 2.25. The van der Waals surface area contributed by atoms with Gasteiger partial charge in [-0.3, -0.25) is 9.78 Å². The molecule has 1 aliphatic heterocycles. The maximum absolute atomic E-state index is 12.8. The van der Waals surface area contributed by atoms with Gasteiger partial charge in [-0.1, -0.05) is 6.07 Å². The molecule has 1 saturated heterocycles. The molecule has 1 aromatic carbocycles. The number of hydrogen-bond donors (Lipinski definition) is 2. The van der Waals surface area contributed by atoms with E-state index in [-0.39, 0.29) is 36.8 Å². The smallest absolute Gasteiger partial charge is 0.254 e. The molecule has 25 heavy (non-hydrogen) atoms. The van der Waals surface area contributed by atoms with Gasteiger partial charge in [-0.2, -0.15) is 0 Å². The molecule has 1 fully saturated rings. The maximum atomic E-state index is 12.8. The van der Waals surface area contributed by atoms with Crippen molar-refractivity contribution in [3.05, 3.63) is 48.4 Å². The van der Waals surface area contributed by atoms with E-state index in [2.05, 4.69) is 22.2 Å². The molecule has 3 rings (SSSR count). The molecule has 0 bridgehead atoms. The Kier molecular flexibility index (Phi) is 8.09. The molecule has 136 valence electrons. The molecule has 2 atom stereocenters. The van der Waals surface area contributed by atoms with E-state index in [0.717, 1.165) is 18.7 Å². The summed E-state index contributed by atoms with van der Waals surface area (Å²) in [6.45, 7) is 3.44. The van der Waals surface area contributed by atoms with E-state index < -0.39 is 0 Å². The van der Waals surface area contributed by atoms with Gasteiger partial charge < -0.3 is 16.0 Å². The van der Waals surface area contributed by atoms with Crippen molar-refractivity contribution in [2.24, 2.45) is 11.7 Å². The van der Waals surface area contributed by atoms with Crippen LogP contribution in [0.1, 0.15) is 23.7 Å². The second-order valence-corrected chi connectivity index (χ2v) is 5.94. The molecule has 0 spiro atoms. The van der Waals surface area contributed by atoms with Gasteiger partial charge >= 0.3 is 0 Å². The predicted molar refractivity (Wildman–Crippen MR) is 104 cm³/mol. The summed E-state index contributed by atoms with van der Waals surface area (Å²) in [6, 6.07) is 7.69. The Balaban J connectivity index is 0.00000156. The molecule has 6 nitrogen and oxygen atoms in total. The summed E-state index contributed by atoms with van der Waals surface area (Å²) in [6.07, 6.45) is 5.85. The molecule has 2 aromatic rings. The highest BCUT2D eigenvalue weighted by molar-refractivity contribution is 5.95. The van der Waals surface area contributed by atoms with Crippen LogP contribution in [0.25, 0.3) is 0 Å². The Morgan fingerprint density at radius 2 is 2.16 bits per heavy atom. The first-order valence-electron chi connectivity index (χ1n) is 7.81. The Morgan fingerprint density at radius 3 is 2.80 bits per heavy atom. The molecule has 8 heteroatoms. The van der Waals surface area contributed by atoms with Crippen LogP contribution in [0.5, 0.6) is 0 Å². The number of nitrogens with two attached hydrogens (primary N) is 1. The molecular weight excluding hydrogens is 361 g/mol. The summed E-state index contributed by atoms with van der Waals surface area (Å²) in [5.41, 5.74) is 7.23. The Hall–Kier alpha value is -1.89. The molecule has 0 saturated carbocycles. The van der Waals surface area contributed by atoms with Gasteiger partial charge in [0, 0.05) is 36.2 Å². The van der Waals surface area contributed by atoms with Crippen LogP contribution < -0.4 is 11.1 Å². The number of benzene rings is 1. The van der Waals surface area contributed by atoms with E-state index >= 15 is 0 Å². The van der Waals surface area contributed by atoms with Crippen molar-refractivity contribution >= 4 is 42.2 Å². The average Bonchev–Trinajstić information content (AvgIpc) is 2.96. The second-order valence-electron chi connectivity index (χ2n) is 5.94. The van der Waals surface area contributed by atoms with Gasteiger partial charge in [-0.05, 0) is 44.0 Å². The molecule has 1 aromatic heterocycles. The number of amides is 1. The standard InChI is InChI=1S/C17H21N5O.2ClH/c1-12-7-13(9-18)11-22(12)17(23)14-3-2-4-15(8-14)21-16-10-19-5-6-20-16;;/h2-6,8,10,12-13H,7,9,11,18H2,1H3,(H,20,21);2*1H. The molecule has 2 unspecified atom stereocenters. The number of anilines is 2. The zero-order valence-corrected chi connectivity index (χ0v) is 15.6. The Morgan fingerprint density at radius 1 is 1.36 bits per heavy atom. The number of carbonyl (C=O) groups is 1. The molecule has 1 aliphatic rings. The van der Waals surface area contributed by atoms with Crippen molar-refractivity contribution in [1.82, 2.24) is 14.9 Å². The maximum Gasteiger partial charge on any atom is 0.254 e. The summed E-state index contributed by atoms with van der Waals surface area (Å²) in [7, 11) is 0. The lowest BCUT2D eigenvalue weighted by atomic mass is 10.1. The fourth-order valence-corrected chi connectivity index (χ4v) is 3.00. The minimum Gasteiger partial charge on any atom is -0.339 e. The van der Waals surface area contributed by atoms with E-state index in [1.807, 2.05) is 29.2 Å². The molecule has 0 radical (unpaired) electrons. The zero-order chi connectivity index (χ0) is 16.2. The quantitative estimate of drug-likeness (QED) is 0.847. The Bertz CT molecular complexity index is 686. The van der Waals surface area contributed by atoms with Gasteiger partial charge in [0.2, 0.25) is 0 Å². The predicted octanol–water partition coefficient (Wildman–Crippen LogP) is 2.87. The average molecular weight is 384 g/mol. The lowest BCUT2D eigenvalue weighted by Gasteiger charge is -2.22. The third-order valence-electron chi connectivity index (χ3n) is 4.20. The minimum absolute atomic E-state index is 0. The molecule has 2 heterocycles. The SMILES string of the molecule is CC1CC(CN)CN1C(=O)c1cccc(Nc2cnccn2)c1.Cl.Cl. The van der Waals surface area contributed by atoms with Gasteiger partial charge in [-0.15, -0.1) is 24.8 Å². The van der Waals surface area contributed by atoms with Crippen molar-refractivity contribution in [1.29, 1.82) is 0 Å². The summed E-state index contributed by atoms with van der Waals surface area (Å²) in [4.78, 5) is 22.9. The van der Waals surface area contributed by atoms with Crippen LogP contribution in [0.2, 0.25) is 0 Å². The van der Waals surface area contributed by atoms with E-state index in [9.17, 15) is 4.79 Å². The number of hydrogen-bond acceptors (Lipinski definition) is 5. The van der Waals surface area contributed by atoms with Crippen molar-refractivity contribution < 1.29 is 4.79 Å². The fraction of sp³-hybridized carbons (Fsp3) is 0.353. The number of nitrogens with one attached hydrogen (secondary N) is 1. The first kappa shape index (κ1) is 21.2. The fourth-order valence-electron chi connectivity index (χ4n) is 3.00. The largest absolute Gasteiger partial charge is 0.339 e. The van der Waals surface area contributed by atoms with Crippen LogP contribution in [0.3, 0.4) is 0 Å². The lowest BCUT2D eigenvalue weighted by molar-refractivity contribution is 0.0743. The number of rotatable bonds is 4. The minimum atomic E-state index is 0. The molecule has 3 N–H and O–H groups in total. The van der Waals surface area contributed by atoms with Crippen molar-refractivity contribution in [2.75, 3.05) is 18.4 Å². The highest BCUT2D eigenvalue weighted by Gasteiger charge is 2.32. The van der Waals surface area contributed by atoms with Crippen molar-refractivity contribution in [3.63, 3.8) is 0 Å². The van der Waals surface area contributed by atoms with Gasteiger partial charge in [0.1, 0.15) is 5.82 Å². The highest BCUT2D eigenvalue weighted by atomic mass is 35.5. The van der Waals surface area contributed by atoms with Crippen molar-refractivity contribution in [3.8, 4) is 0 Å². The summed E-state index contributed by atoms with van der Waals surface area (Å²) < 4.78 is 0. The van der Waals surface area contributed by atoms with Gasteiger partial charge in [0.25, 0.3) is 5.91 Å². The third kappa shape index (κ3) is 5.04. The summed E-state index contributed by atoms with van der Waals surface area (Å²) in [5, 5.41) is 3.16. The van der Waals surface area contributed by atoms with Crippen LogP contribution in [0.4, 0.5) is 11.5 Å². The molecule has 0 aliphatic carbocycles. The number of carbonyl (C=O) groups excluding carboxylic acids is 1. The van der Waals surface area contributed by atoms with Crippen molar-refractivity contribution in [2.45, 2.75) is 19.4 Å². The number of aromatic nitrogens is 2. The Labute approximate surface area is 160 Å². The van der Waals surface area contributed by atoms with E-state index in [4.69, 9.17) is 5.73 Å². The number of nitrogens with zero attached hydrogens (tertiary/aromatic N) is 3. The zero-order valence-electron chi connectivity index (χ0n) is 14.0. The van der Waals surface area contributed by atoms with E-state index in [0.29, 0.717) is 23.8 Å². The molecular formula is C17H23Cl2N5O. The molecule has 1 amide bonds. The summed E-state index contributed by atoms with van der Waals surface area (Å²) in [5.74, 6) is 1.10. The second kappa shape index (κ2) is 9.56. The van der Waals surface area contributed by atoms with Gasteiger partial charge in [0.15, 0.2) is 0 Å². The normalized spacial score (nSPS) is 18.9. The van der Waals surface area contributed by atoms with Crippen LogP contribution in [0.15, 0.2) is 42.9 Å².